The minimum atomic E-state index is -3.98. The molecule has 1 saturated heterocycles. The van der Waals surface area contributed by atoms with Gasteiger partial charge in [-0.1, -0.05) is 6.07 Å². The van der Waals surface area contributed by atoms with Crippen LogP contribution in [-0.4, -0.2) is 51.3 Å². The second-order valence-electron chi connectivity index (χ2n) is 7.53. The smallest absolute Gasteiger partial charge is 0.261 e. The third-order valence-corrected chi connectivity index (χ3v) is 6.56. The van der Waals surface area contributed by atoms with Gasteiger partial charge in [0.15, 0.2) is 0 Å². The number of anilines is 1. The Bertz CT molecular complexity index is 1020. The van der Waals surface area contributed by atoms with E-state index in [9.17, 15) is 26.4 Å². The maximum Gasteiger partial charge on any atom is 0.261 e. The average molecular weight is 456 g/mol. The highest BCUT2D eigenvalue weighted by atomic mass is 32.2. The molecular formula is C21H24F3N3O3S. The van der Waals surface area contributed by atoms with Crippen molar-refractivity contribution in [2.75, 3.05) is 24.4 Å². The summed E-state index contributed by atoms with van der Waals surface area (Å²) in [6, 6.07) is 8.93. The van der Waals surface area contributed by atoms with Crippen molar-refractivity contribution in [2.45, 2.75) is 37.1 Å². The highest BCUT2D eigenvalue weighted by Gasteiger charge is 2.24. The molecule has 6 nitrogen and oxygen atoms in total. The normalized spacial score (nSPS) is 15.8. The third kappa shape index (κ3) is 6.20. The van der Waals surface area contributed by atoms with E-state index in [4.69, 9.17) is 0 Å². The average Bonchev–Trinajstić information content (AvgIpc) is 2.71. The van der Waals surface area contributed by atoms with E-state index in [2.05, 4.69) is 10.0 Å². The molecule has 0 spiro atoms. The number of alkyl halides is 2. The van der Waals surface area contributed by atoms with Gasteiger partial charge in [0.1, 0.15) is 5.82 Å². The molecule has 0 aromatic heterocycles. The van der Waals surface area contributed by atoms with Gasteiger partial charge in [0.2, 0.25) is 0 Å². The summed E-state index contributed by atoms with van der Waals surface area (Å²) in [5.41, 5.74) is 1.02. The Morgan fingerprint density at radius 1 is 1.13 bits per heavy atom. The molecule has 168 valence electrons. The fraction of sp³-hybridized carbons (Fsp3) is 0.381. The van der Waals surface area contributed by atoms with Crippen LogP contribution in [0.25, 0.3) is 0 Å². The molecule has 2 N–H and O–H groups in total. The Kier molecular flexibility index (Phi) is 7.22. The van der Waals surface area contributed by atoms with E-state index in [-0.39, 0.29) is 28.7 Å². The van der Waals surface area contributed by atoms with E-state index in [0.717, 1.165) is 12.1 Å². The molecule has 1 aliphatic rings. The van der Waals surface area contributed by atoms with Gasteiger partial charge in [-0.2, -0.15) is 0 Å². The molecule has 2 aromatic rings. The van der Waals surface area contributed by atoms with Crippen molar-refractivity contribution >= 4 is 21.6 Å². The number of amides is 1. The van der Waals surface area contributed by atoms with Gasteiger partial charge < -0.3 is 5.32 Å². The molecule has 10 heteroatoms. The first kappa shape index (κ1) is 23.1. The van der Waals surface area contributed by atoms with E-state index < -0.39 is 28.2 Å². The highest BCUT2D eigenvalue weighted by Crippen LogP contribution is 2.20. The van der Waals surface area contributed by atoms with Gasteiger partial charge in [-0.15, -0.1) is 0 Å². The first-order valence-corrected chi connectivity index (χ1v) is 11.3. The number of carbonyl (C=O) groups is 1. The van der Waals surface area contributed by atoms with Gasteiger partial charge in [0.05, 0.1) is 11.4 Å². The maximum absolute atomic E-state index is 13.0. The fourth-order valence-corrected chi connectivity index (χ4v) is 4.55. The van der Waals surface area contributed by atoms with Gasteiger partial charge in [-0.05, 0) is 61.7 Å². The molecule has 1 heterocycles. The number of hydrogen-bond acceptors (Lipinski definition) is 4. The number of benzene rings is 2. The van der Waals surface area contributed by atoms with Crippen LogP contribution in [0.3, 0.4) is 0 Å². The second kappa shape index (κ2) is 9.69. The number of nitrogens with one attached hydrogen (secondary N) is 2. The summed E-state index contributed by atoms with van der Waals surface area (Å²) in [5.74, 6) is -0.902. The van der Waals surface area contributed by atoms with Crippen molar-refractivity contribution < 1.29 is 26.4 Å². The number of hydrogen-bond donors (Lipinski definition) is 2. The summed E-state index contributed by atoms with van der Waals surface area (Å²) in [6.07, 6.45) is -1.30. The molecular weight excluding hydrogens is 431 g/mol. The topological polar surface area (TPSA) is 78.5 Å². The van der Waals surface area contributed by atoms with Crippen molar-refractivity contribution in [3.05, 3.63) is 59.4 Å². The summed E-state index contributed by atoms with van der Waals surface area (Å²) >= 11 is 0. The number of rotatable bonds is 7. The van der Waals surface area contributed by atoms with Crippen molar-refractivity contribution in [3.8, 4) is 0 Å². The highest BCUT2D eigenvalue weighted by molar-refractivity contribution is 7.92. The van der Waals surface area contributed by atoms with E-state index in [1.54, 1.807) is 17.9 Å². The van der Waals surface area contributed by atoms with E-state index in [1.165, 1.54) is 24.3 Å². The summed E-state index contributed by atoms with van der Waals surface area (Å²) in [6.45, 7) is 2.35. The third-order valence-electron chi connectivity index (χ3n) is 5.18. The van der Waals surface area contributed by atoms with Crippen LogP contribution >= 0.6 is 0 Å². The predicted octanol–water partition coefficient (Wildman–Crippen LogP) is 3.39. The number of aryl methyl sites for hydroxylation is 1. The van der Waals surface area contributed by atoms with Crippen LogP contribution in [-0.2, 0) is 10.0 Å². The SMILES string of the molecule is Cc1ccc(S(=O)(=O)Nc2ccc(F)cc2)cc1C(=O)NC1CCN(CC(F)F)CC1. The maximum atomic E-state index is 13.0. The van der Waals surface area contributed by atoms with Crippen molar-refractivity contribution in [1.82, 2.24) is 10.2 Å². The summed E-state index contributed by atoms with van der Waals surface area (Å²) < 4.78 is 65.8. The lowest BCUT2D eigenvalue weighted by Gasteiger charge is -2.32. The van der Waals surface area contributed by atoms with E-state index >= 15 is 0 Å². The zero-order valence-electron chi connectivity index (χ0n) is 16.9. The Labute approximate surface area is 179 Å². The number of carbonyl (C=O) groups excluding carboxylic acids is 1. The molecule has 0 aliphatic carbocycles. The van der Waals surface area contributed by atoms with Crippen LogP contribution < -0.4 is 10.0 Å². The van der Waals surface area contributed by atoms with Gasteiger partial charge in [0, 0.05) is 30.4 Å². The minimum Gasteiger partial charge on any atom is -0.349 e. The summed E-state index contributed by atoms with van der Waals surface area (Å²) in [5, 5.41) is 2.87. The molecule has 1 aliphatic heterocycles. The molecule has 0 radical (unpaired) electrons. The van der Waals surface area contributed by atoms with Gasteiger partial charge in [-0.25, -0.2) is 21.6 Å². The van der Waals surface area contributed by atoms with Gasteiger partial charge in [0.25, 0.3) is 22.4 Å². The Hall–Kier alpha value is -2.59. The van der Waals surface area contributed by atoms with Crippen LogP contribution in [0.5, 0.6) is 0 Å². The Morgan fingerprint density at radius 3 is 2.39 bits per heavy atom. The van der Waals surface area contributed by atoms with Gasteiger partial charge >= 0.3 is 0 Å². The van der Waals surface area contributed by atoms with E-state index in [1.807, 2.05) is 0 Å². The lowest BCUT2D eigenvalue weighted by molar-refractivity contribution is 0.0696. The molecule has 1 fully saturated rings. The molecule has 1 amide bonds. The summed E-state index contributed by atoms with van der Waals surface area (Å²) in [7, 11) is -3.98. The Morgan fingerprint density at radius 2 is 1.77 bits per heavy atom. The first-order valence-electron chi connectivity index (χ1n) is 9.84. The van der Waals surface area contributed by atoms with Crippen LogP contribution in [0.2, 0.25) is 0 Å². The second-order valence-corrected chi connectivity index (χ2v) is 9.21. The molecule has 3 rings (SSSR count). The number of sulfonamides is 1. The van der Waals surface area contributed by atoms with Crippen molar-refractivity contribution in [2.24, 2.45) is 0 Å². The fourth-order valence-electron chi connectivity index (χ4n) is 3.46. The van der Waals surface area contributed by atoms with E-state index in [0.29, 0.717) is 31.5 Å². The zero-order chi connectivity index (χ0) is 22.6. The quantitative estimate of drug-likeness (QED) is 0.671. The number of likely N-dealkylation sites (tertiary alicyclic amines) is 1. The van der Waals surface area contributed by atoms with Crippen molar-refractivity contribution in [1.29, 1.82) is 0 Å². The molecule has 0 unspecified atom stereocenters. The number of piperidine rings is 1. The number of nitrogens with zero attached hydrogens (tertiary/aromatic N) is 1. The Balaban J connectivity index is 1.69. The van der Waals surface area contributed by atoms with Crippen LogP contribution in [0.4, 0.5) is 18.9 Å². The molecule has 0 bridgehead atoms. The molecule has 0 saturated carbocycles. The zero-order valence-corrected chi connectivity index (χ0v) is 17.8. The van der Waals surface area contributed by atoms with Gasteiger partial charge in [-0.3, -0.25) is 14.4 Å². The minimum absolute atomic E-state index is 0.0978. The first-order chi connectivity index (χ1) is 14.6. The predicted molar refractivity (Wildman–Crippen MR) is 111 cm³/mol. The van der Waals surface area contributed by atoms with Crippen LogP contribution in [0.1, 0.15) is 28.8 Å². The largest absolute Gasteiger partial charge is 0.349 e. The lowest BCUT2D eigenvalue weighted by Crippen LogP contribution is -2.45. The standard InChI is InChI=1S/C21H24F3N3O3S/c1-14-2-7-18(31(29,30)26-17-5-3-15(22)4-6-17)12-19(14)21(28)25-16-8-10-27(11-9-16)13-20(23)24/h2-7,12,16,20,26H,8-11,13H2,1H3,(H,25,28). The van der Waals surface area contributed by atoms with Crippen molar-refractivity contribution in [3.63, 3.8) is 0 Å². The monoisotopic (exact) mass is 455 g/mol. The summed E-state index contributed by atoms with van der Waals surface area (Å²) in [4.78, 5) is 14.3. The lowest BCUT2D eigenvalue weighted by atomic mass is 10.0. The molecule has 31 heavy (non-hydrogen) atoms. The molecule has 0 atom stereocenters. The number of halogens is 3. The van der Waals surface area contributed by atoms with Crippen LogP contribution in [0, 0.1) is 12.7 Å². The van der Waals surface area contributed by atoms with Crippen LogP contribution in [0.15, 0.2) is 47.4 Å². The molecule has 2 aromatic carbocycles.